The lowest BCUT2D eigenvalue weighted by Gasteiger charge is -2.24. The number of carbonyl (C=O) groups excluding carboxylic acids is 1. The average Bonchev–Trinajstić information content (AvgIpc) is 2.59. The molecule has 0 atom stereocenters. The number of rotatable bonds is 1. The lowest BCUT2D eigenvalue weighted by atomic mass is 10.2. The monoisotopic (exact) mass is 306 g/mol. The summed E-state index contributed by atoms with van der Waals surface area (Å²) in [6, 6.07) is 12.9. The topological polar surface area (TPSA) is 32.3 Å². The molecule has 0 bridgehead atoms. The van der Waals surface area contributed by atoms with Gasteiger partial charge in [0.15, 0.2) is 0 Å². The summed E-state index contributed by atoms with van der Waals surface area (Å²) < 4.78 is 0. The molecule has 1 heterocycles. The lowest BCUT2D eigenvalue weighted by Crippen LogP contribution is -2.25. The summed E-state index contributed by atoms with van der Waals surface area (Å²) in [7, 11) is 0. The third-order valence-corrected chi connectivity index (χ3v) is 3.82. The number of hydrogen-bond donors (Lipinski definition) is 1. The number of anilines is 3. The first-order valence-electron chi connectivity index (χ1n) is 6.28. The summed E-state index contributed by atoms with van der Waals surface area (Å²) in [4.78, 5) is 14.0. The van der Waals surface area contributed by atoms with Crippen molar-refractivity contribution < 1.29 is 4.79 Å². The fourth-order valence-corrected chi connectivity index (χ4v) is 2.88. The van der Waals surface area contributed by atoms with E-state index in [4.69, 9.17) is 23.2 Å². The first kappa shape index (κ1) is 13.3. The van der Waals surface area contributed by atoms with Crippen LogP contribution in [0.1, 0.15) is 6.42 Å². The largest absolute Gasteiger partial charge is 0.383 e. The van der Waals surface area contributed by atoms with Gasteiger partial charge in [0.25, 0.3) is 0 Å². The van der Waals surface area contributed by atoms with Gasteiger partial charge in [0.2, 0.25) is 5.91 Å². The van der Waals surface area contributed by atoms with Crippen LogP contribution in [0.5, 0.6) is 0 Å². The highest BCUT2D eigenvalue weighted by atomic mass is 35.5. The number of nitrogens with one attached hydrogen (secondary N) is 1. The fraction of sp³-hybridized carbons (Fsp3) is 0.133. The quantitative estimate of drug-likeness (QED) is 0.843. The van der Waals surface area contributed by atoms with E-state index in [1.807, 2.05) is 24.3 Å². The van der Waals surface area contributed by atoms with Gasteiger partial charge in [-0.1, -0.05) is 41.4 Å². The number of nitrogens with zero attached hydrogens (tertiary/aromatic N) is 1. The smallest absolute Gasteiger partial charge is 0.233 e. The number of amides is 1. The minimum atomic E-state index is -0.0301. The molecule has 2 aromatic carbocycles. The van der Waals surface area contributed by atoms with Crippen LogP contribution in [0.15, 0.2) is 42.5 Å². The van der Waals surface area contributed by atoms with Crippen molar-refractivity contribution in [3.8, 4) is 0 Å². The zero-order valence-electron chi connectivity index (χ0n) is 10.6. The van der Waals surface area contributed by atoms with Gasteiger partial charge in [0.05, 0.1) is 27.1 Å². The molecular weight excluding hydrogens is 295 g/mol. The molecule has 1 N–H and O–H groups in total. The Morgan fingerprint density at radius 2 is 1.70 bits per heavy atom. The third kappa shape index (κ3) is 2.23. The zero-order chi connectivity index (χ0) is 14.1. The molecule has 0 saturated heterocycles. The maximum Gasteiger partial charge on any atom is 0.233 e. The van der Waals surface area contributed by atoms with Gasteiger partial charge in [0, 0.05) is 13.0 Å². The Hall–Kier alpha value is -1.71. The van der Waals surface area contributed by atoms with Crippen LogP contribution in [-0.4, -0.2) is 12.5 Å². The molecular formula is C15H12Cl2N2O. The Balaban J connectivity index is 2.23. The van der Waals surface area contributed by atoms with Gasteiger partial charge in [0.1, 0.15) is 0 Å². The highest BCUT2D eigenvalue weighted by Crippen LogP contribution is 2.41. The molecule has 1 aliphatic rings. The number of fused-ring (bicyclic) bond motifs is 1. The summed E-state index contributed by atoms with van der Waals surface area (Å²) in [5, 5.41) is 4.17. The summed E-state index contributed by atoms with van der Waals surface area (Å²) in [5.41, 5.74) is 2.20. The van der Waals surface area contributed by atoms with Crippen LogP contribution in [-0.2, 0) is 4.79 Å². The van der Waals surface area contributed by atoms with Crippen LogP contribution >= 0.6 is 23.2 Å². The van der Waals surface area contributed by atoms with Crippen LogP contribution < -0.4 is 10.2 Å². The minimum Gasteiger partial charge on any atom is -0.383 e. The molecule has 3 rings (SSSR count). The molecule has 0 aromatic heterocycles. The van der Waals surface area contributed by atoms with Crippen molar-refractivity contribution in [2.45, 2.75) is 6.42 Å². The Labute approximate surface area is 127 Å². The van der Waals surface area contributed by atoms with Gasteiger partial charge < -0.3 is 5.32 Å². The lowest BCUT2D eigenvalue weighted by molar-refractivity contribution is -0.117. The summed E-state index contributed by atoms with van der Waals surface area (Å²) in [6.07, 6.45) is 0.385. The van der Waals surface area contributed by atoms with Crippen molar-refractivity contribution in [2.75, 3.05) is 16.8 Å². The van der Waals surface area contributed by atoms with E-state index in [0.29, 0.717) is 28.7 Å². The molecule has 0 radical (unpaired) electrons. The Morgan fingerprint density at radius 1 is 1.00 bits per heavy atom. The molecule has 0 unspecified atom stereocenters. The van der Waals surface area contributed by atoms with E-state index in [1.54, 1.807) is 23.1 Å². The highest BCUT2D eigenvalue weighted by Gasteiger charge is 2.26. The van der Waals surface area contributed by atoms with Crippen LogP contribution in [0.3, 0.4) is 0 Å². The van der Waals surface area contributed by atoms with Crippen LogP contribution in [0.25, 0.3) is 0 Å². The molecule has 5 heteroatoms. The van der Waals surface area contributed by atoms with E-state index < -0.39 is 0 Å². The van der Waals surface area contributed by atoms with Gasteiger partial charge in [-0.3, -0.25) is 9.69 Å². The first-order chi connectivity index (χ1) is 9.68. The predicted octanol–water partition coefficient (Wildman–Crippen LogP) is 4.47. The SMILES string of the molecule is O=C1CCNc2ccccc2N1c1c(Cl)cccc1Cl. The standard InChI is InChI=1S/C15H12Cl2N2O/c16-10-4-3-5-11(17)15(10)19-13-7-2-1-6-12(13)18-9-8-14(19)20/h1-7,18H,8-9H2. The van der Waals surface area contributed by atoms with E-state index in [1.165, 1.54) is 0 Å². The molecule has 2 aromatic rings. The number of benzene rings is 2. The molecule has 1 amide bonds. The third-order valence-electron chi connectivity index (χ3n) is 3.21. The van der Waals surface area contributed by atoms with Gasteiger partial charge >= 0.3 is 0 Å². The van der Waals surface area contributed by atoms with Crippen molar-refractivity contribution in [1.82, 2.24) is 0 Å². The van der Waals surface area contributed by atoms with Gasteiger partial charge in [-0.05, 0) is 24.3 Å². The summed E-state index contributed by atoms with van der Waals surface area (Å²) in [5.74, 6) is -0.0301. The number of hydrogen-bond acceptors (Lipinski definition) is 2. The first-order valence-corrected chi connectivity index (χ1v) is 7.04. The Bertz CT molecular complexity index is 652. The molecule has 3 nitrogen and oxygen atoms in total. The molecule has 20 heavy (non-hydrogen) atoms. The molecule has 1 aliphatic heterocycles. The Morgan fingerprint density at radius 3 is 2.45 bits per heavy atom. The van der Waals surface area contributed by atoms with Gasteiger partial charge in [-0.2, -0.15) is 0 Å². The summed E-state index contributed by atoms with van der Waals surface area (Å²) >= 11 is 12.5. The van der Waals surface area contributed by atoms with E-state index in [2.05, 4.69) is 5.32 Å². The minimum absolute atomic E-state index is 0.0301. The van der Waals surface area contributed by atoms with Crippen molar-refractivity contribution >= 4 is 46.2 Å². The highest BCUT2D eigenvalue weighted by molar-refractivity contribution is 6.40. The van der Waals surface area contributed by atoms with Crippen molar-refractivity contribution in [2.24, 2.45) is 0 Å². The van der Waals surface area contributed by atoms with E-state index >= 15 is 0 Å². The molecule has 102 valence electrons. The van der Waals surface area contributed by atoms with Crippen LogP contribution in [0.2, 0.25) is 10.0 Å². The van der Waals surface area contributed by atoms with Crippen molar-refractivity contribution in [3.63, 3.8) is 0 Å². The average molecular weight is 307 g/mol. The fourth-order valence-electron chi connectivity index (χ4n) is 2.32. The zero-order valence-corrected chi connectivity index (χ0v) is 12.1. The normalized spacial score (nSPS) is 14.5. The summed E-state index contributed by atoms with van der Waals surface area (Å²) in [6.45, 7) is 0.592. The molecule has 0 fully saturated rings. The Kier molecular flexibility index (Phi) is 3.55. The van der Waals surface area contributed by atoms with E-state index in [9.17, 15) is 4.79 Å². The van der Waals surface area contributed by atoms with Gasteiger partial charge in [-0.25, -0.2) is 0 Å². The maximum atomic E-state index is 12.5. The van der Waals surface area contributed by atoms with Gasteiger partial charge in [-0.15, -0.1) is 0 Å². The van der Waals surface area contributed by atoms with Crippen molar-refractivity contribution in [3.05, 3.63) is 52.5 Å². The van der Waals surface area contributed by atoms with E-state index in [0.717, 1.165) is 11.4 Å². The second-order valence-electron chi connectivity index (χ2n) is 4.49. The van der Waals surface area contributed by atoms with Crippen LogP contribution in [0.4, 0.5) is 17.1 Å². The van der Waals surface area contributed by atoms with E-state index in [-0.39, 0.29) is 5.91 Å². The second kappa shape index (κ2) is 5.35. The second-order valence-corrected chi connectivity index (χ2v) is 5.31. The number of carbonyl (C=O) groups is 1. The molecule has 0 saturated carbocycles. The molecule has 0 aliphatic carbocycles. The molecule has 0 spiro atoms. The number of para-hydroxylation sites is 3. The van der Waals surface area contributed by atoms with Crippen LogP contribution in [0, 0.1) is 0 Å². The number of halogens is 2. The van der Waals surface area contributed by atoms with Crippen molar-refractivity contribution in [1.29, 1.82) is 0 Å². The predicted molar refractivity (Wildman–Crippen MR) is 83.2 cm³/mol. The maximum absolute atomic E-state index is 12.5.